The van der Waals surface area contributed by atoms with E-state index in [9.17, 15) is 22.8 Å². The van der Waals surface area contributed by atoms with E-state index in [1.165, 1.54) is 18.2 Å². The number of carboxylic acids is 1. The minimum Gasteiger partial charge on any atom is -0.480 e. The number of imidazole rings is 1. The van der Waals surface area contributed by atoms with Crippen molar-refractivity contribution in [1.29, 1.82) is 0 Å². The molecule has 3 N–H and O–H groups in total. The fraction of sp³-hybridized carbons (Fsp3) is 0.400. The standard InChI is InChI=1S/C15H15F3N4O3/c1-22-6-8(5-11(22)13(24)25)19-12(23)7-2-3-9-10(4-7)21-14(20-9)15(16,17)18/h2-4,8,11H,5-6H2,1H3,(H,19,23)(H,20,21)(H,24,25)/t8-,11+/m1/s1. The van der Waals surface area contributed by atoms with E-state index in [0.29, 0.717) is 6.54 Å². The lowest BCUT2D eigenvalue weighted by molar-refractivity contribution is -0.144. The Bertz CT molecular complexity index is 833. The Morgan fingerprint density at radius 3 is 2.72 bits per heavy atom. The van der Waals surface area contributed by atoms with Gasteiger partial charge < -0.3 is 15.4 Å². The van der Waals surface area contributed by atoms with E-state index in [0.717, 1.165) is 0 Å². The van der Waals surface area contributed by atoms with E-state index in [1.807, 2.05) is 0 Å². The molecular formula is C15H15F3N4O3. The number of carbonyl (C=O) groups is 2. The van der Waals surface area contributed by atoms with Gasteiger partial charge in [-0.3, -0.25) is 14.5 Å². The summed E-state index contributed by atoms with van der Waals surface area (Å²) in [5, 5.41) is 11.8. The predicted octanol–water partition coefficient (Wildman–Crippen LogP) is 1.47. The largest absolute Gasteiger partial charge is 0.480 e. The molecule has 1 aromatic carbocycles. The molecule has 10 heteroatoms. The predicted molar refractivity (Wildman–Crippen MR) is 81.0 cm³/mol. The van der Waals surface area contributed by atoms with Crippen molar-refractivity contribution in [1.82, 2.24) is 20.2 Å². The first-order valence-electron chi connectivity index (χ1n) is 7.46. The maximum absolute atomic E-state index is 12.7. The zero-order valence-corrected chi connectivity index (χ0v) is 13.1. The second-order valence-electron chi connectivity index (χ2n) is 6.01. The Kier molecular flexibility index (Phi) is 4.15. The highest BCUT2D eigenvalue weighted by molar-refractivity contribution is 5.97. The number of aromatic nitrogens is 2. The van der Waals surface area contributed by atoms with Gasteiger partial charge in [-0.2, -0.15) is 13.2 Å². The first-order chi connectivity index (χ1) is 11.6. The lowest BCUT2D eigenvalue weighted by Gasteiger charge is -2.13. The van der Waals surface area contributed by atoms with Crippen molar-refractivity contribution in [3.8, 4) is 0 Å². The molecule has 2 aromatic rings. The quantitative estimate of drug-likeness (QED) is 0.774. The summed E-state index contributed by atoms with van der Waals surface area (Å²) in [5.41, 5.74) is 0.383. The number of rotatable bonds is 3. The van der Waals surface area contributed by atoms with Crippen LogP contribution in [0.15, 0.2) is 18.2 Å². The van der Waals surface area contributed by atoms with E-state index in [1.54, 1.807) is 11.9 Å². The third-order valence-electron chi connectivity index (χ3n) is 4.18. The van der Waals surface area contributed by atoms with Crippen LogP contribution >= 0.6 is 0 Å². The van der Waals surface area contributed by atoms with Crippen LogP contribution in [0, 0.1) is 0 Å². The second kappa shape index (κ2) is 6.03. The summed E-state index contributed by atoms with van der Waals surface area (Å²) < 4.78 is 38.0. The number of hydrogen-bond acceptors (Lipinski definition) is 4. The van der Waals surface area contributed by atoms with Gasteiger partial charge in [-0.25, -0.2) is 4.98 Å². The van der Waals surface area contributed by atoms with E-state index in [4.69, 9.17) is 5.11 Å². The van der Waals surface area contributed by atoms with Crippen LogP contribution in [0.25, 0.3) is 11.0 Å². The Balaban J connectivity index is 1.75. The summed E-state index contributed by atoms with van der Waals surface area (Å²) in [7, 11) is 1.65. The maximum atomic E-state index is 12.7. The molecule has 3 rings (SSSR count). The third-order valence-corrected chi connectivity index (χ3v) is 4.18. The van der Waals surface area contributed by atoms with Gasteiger partial charge in [0.05, 0.1) is 11.0 Å². The van der Waals surface area contributed by atoms with Crippen LogP contribution in [0.1, 0.15) is 22.6 Å². The van der Waals surface area contributed by atoms with Gasteiger partial charge in [0.1, 0.15) is 6.04 Å². The van der Waals surface area contributed by atoms with Crippen molar-refractivity contribution in [3.05, 3.63) is 29.6 Å². The molecule has 1 aromatic heterocycles. The Hall–Kier alpha value is -2.62. The molecule has 25 heavy (non-hydrogen) atoms. The average molecular weight is 356 g/mol. The molecule has 1 saturated heterocycles. The number of likely N-dealkylation sites (tertiary alicyclic amines) is 1. The van der Waals surface area contributed by atoms with Crippen LogP contribution in [0.3, 0.4) is 0 Å². The number of hydrogen-bond donors (Lipinski definition) is 3. The zero-order valence-electron chi connectivity index (χ0n) is 13.1. The number of alkyl halides is 3. The van der Waals surface area contributed by atoms with E-state index in [-0.39, 0.29) is 29.1 Å². The number of fused-ring (bicyclic) bond motifs is 1. The van der Waals surface area contributed by atoms with Gasteiger partial charge >= 0.3 is 12.1 Å². The van der Waals surface area contributed by atoms with Crippen molar-refractivity contribution in [3.63, 3.8) is 0 Å². The number of nitrogens with zero attached hydrogens (tertiary/aromatic N) is 2. The van der Waals surface area contributed by atoms with Gasteiger partial charge in [-0.05, 0) is 31.7 Å². The normalized spacial score (nSPS) is 21.6. The van der Waals surface area contributed by atoms with Crippen molar-refractivity contribution >= 4 is 22.9 Å². The Morgan fingerprint density at radius 2 is 2.12 bits per heavy atom. The SMILES string of the molecule is CN1C[C@H](NC(=O)c2ccc3nc(C(F)(F)F)[nH]c3c2)C[C@H]1C(=O)O. The first-order valence-corrected chi connectivity index (χ1v) is 7.46. The highest BCUT2D eigenvalue weighted by Gasteiger charge is 2.36. The van der Waals surface area contributed by atoms with Gasteiger partial charge in [0.25, 0.3) is 5.91 Å². The molecule has 1 aliphatic rings. The molecule has 7 nitrogen and oxygen atoms in total. The van der Waals surface area contributed by atoms with Crippen LogP contribution in [0.2, 0.25) is 0 Å². The zero-order chi connectivity index (χ0) is 18.4. The highest BCUT2D eigenvalue weighted by Crippen LogP contribution is 2.28. The van der Waals surface area contributed by atoms with Gasteiger partial charge in [0, 0.05) is 18.2 Å². The Labute approximate surface area is 139 Å². The molecule has 1 amide bonds. The molecular weight excluding hydrogens is 341 g/mol. The summed E-state index contributed by atoms with van der Waals surface area (Å²) in [6.07, 6.45) is -4.33. The van der Waals surface area contributed by atoms with Crippen LogP contribution in [-0.2, 0) is 11.0 Å². The van der Waals surface area contributed by atoms with E-state index < -0.39 is 29.9 Å². The summed E-state index contributed by atoms with van der Waals surface area (Å²) in [4.78, 5) is 30.6. The van der Waals surface area contributed by atoms with Gasteiger partial charge in [-0.15, -0.1) is 0 Å². The number of carboxylic acid groups (broad SMARTS) is 1. The molecule has 0 bridgehead atoms. The first kappa shape index (κ1) is 17.2. The molecule has 2 heterocycles. The van der Waals surface area contributed by atoms with Crippen LogP contribution < -0.4 is 5.32 Å². The number of nitrogens with one attached hydrogen (secondary N) is 2. The number of likely N-dealkylation sites (N-methyl/N-ethyl adjacent to an activating group) is 1. The molecule has 0 saturated carbocycles. The molecule has 134 valence electrons. The average Bonchev–Trinajstić information content (AvgIpc) is 3.09. The minimum atomic E-state index is -4.60. The molecule has 0 unspecified atom stereocenters. The number of amides is 1. The number of halogens is 3. The number of benzene rings is 1. The van der Waals surface area contributed by atoms with Crippen molar-refractivity contribution in [2.45, 2.75) is 24.7 Å². The molecule has 0 spiro atoms. The lowest BCUT2D eigenvalue weighted by atomic mass is 10.1. The van der Waals surface area contributed by atoms with Crippen molar-refractivity contribution in [2.75, 3.05) is 13.6 Å². The topological polar surface area (TPSA) is 98.3 Å². The van der Waals surface area contributed by atoms with Crippen LogP contribution in [-0.4, -0.2) is 57.5 Å². The minimum absolute atomic E-state index is 0.104. The molecule has 2 atom stereocenters. The second-order valence-corrected chi connectivity index (χ2v) is 6.01. The van der Waals surface area contributed by atoms with Crippen molar-refractivity contribution in [2.24, 2.45) is 0 Å². The van der Waals surface area contributed by atoms with E-state index >= 15 is 0 Å². The smallest absolute Gasteiger partial charge is 0.449 e. The molecule has 1 aliphatic heterocycles. The highest BCUT2D eigenvalue weighted by atomic mass is 19.4. The fourth-order valence-electron chi connectivity index (χ4n) is 2.95. The lowest BCUT2D eigenvalue weighted by Crippen LogP contribution is -2.36. The summed E-state index contributed by atoms with van der Waals surface area (Å²) >= 11 is 0. The summed E-state index contributed by atoms with van der Waals surface area (Å²) in [5.74, 6) is -2.56. The van der Waals surface area contributed by atoms with Crippen molar-refractivity contribution < 1.29 is 27.9 Å². The molecule has 0 radical (unpaired) electrons. The number of carbonyl (C=O) groups excluding carboxylic acids is 1. The van der Waals surface area contributed by atoms with Crippen LogP contribution in [0.4, 0.5) is 13.2 Å². The van der Waals surface area contributed by atoms with Gasteiger partial charge in [0.2, 0.25) is 5.82 Å². The Morgan fingerprint density at radius 1 is 1.40 bits per heavy atom. The van der Waals surface area contributed by atoms with Gasteiger partial charge in [-0.1, -0.05) is 0 Å². The number of aliphatic carboxylic acids is 1. The number of H-pyrrole nitrogens is 1. The molecule has 0 aliphatic carbocycles. The summed E-state index contributed by atoms with van der Waals surface area (Å²) in [6.45, 7) is 0.382. The fourth-order valence-corrected chi connectivity index (χ4v) is 2.95. The monoisotopic (exact) mass is 356 g/mol. The third kappa shape index (κ3) is 3.43. The maximum Gasteiger partial charge on any atom is 0.449 e. The summed E-state index contributed by atoms with van der Waals surface area (Å²) in [6, 6.07) is 2.99. The van der Waals surface area contributed by atoms with Crippen LogP contribution in [0.5, 0.6) is 0 Å². The van der Waals surface area contributed by atoms with E-state index in [2.05, 4.69) is 15.3 Å². The number of aromatic amines is 1. The molecule has 1 fully saturated rings. The van der Waals surface area contributed by atoms with Gasteiger partial charge in [0.15, 0.2) is 0 Å².